The molecule has 0 fully saturated rings. The van der Waals surface area contributed by atoms with Crippen molar-refractivity contribution in [3.05, 3.63) is 93.9 Å². The van der Waals surface area contributed by atoms with E-state index in [0.717, 1.165) is 55.1 Å². The molecule has 2 aromatic rings. The molecule has 0 unspecified atom stereocenters. The number of amides is 1. The van der Waals surface area contributed by atoms with Crippen molar-refractivity contribution in [2.75, 3.05) is 52.6 Å². The molecule has 0 radical (unpaired) electrons. The van der Waals surface area contributed by atoms with E-state index in [2.05, 4.69) is 71.6 Å². The van der Waals surface area contributed by atoms with Crippen molar-refractivity contribution in [1.82, 2.24) is 20.1 Å². The number of hydrogen-bond acceptors (Lipinski definition) is 5. The Balaban J connectivity index is 1.44. The van der Waals surface area contributed by atoms with Gasteiger partial charge in [0.1, 0.15) is 5.82 Å². The minimum absolute atomic E-state index is 0.0449. The van der Waals surface area contributed by atoms with E-state index in [-0.39, 0.29) is 5.91 Å². The average Bonchev–Trinajstić information content (AvgIpc) is 2.90. The van der Waals surface area contributed by atoms with Crippen molar-refractivity contribution in [1.29, 1.82) is 0 Å². The summed E-state index contributed by atoms with van der Waals surface area (Å²) in [5.41, 5.74) is 10.7. The van der Waals surface area contributed by atoms with Crippen LogP contribution in [0.15, 0.2) is 71.6 Å². The van der Waals surface area contributed by atoms with Crippen LogP contribution in [0.4, 0.5) is 5.82 Å². The minimum Gasteiger partial charge on any atom is -0.385 e. The molecule has 37 heavy (non-hydrogen) atoms. The molecule has 0 aliphatic carbocycles. The maximum absolute atomic E-state index is 12.3. The molecule has 0 atom stereocenters. The Hall–Kier alpha value is -3.64. The number of nitrogens with zero attached hydrogens (tertiary/aromatic N) is 3. The van der Waals surface area contributed by atoms with Crippen LogP contribution in [0.3, 0.4) is 0 Å². The first-order valence-electron chi connectivity index (χ1n) is 13.0. The van der Waals surface area contributed by atoms with Gasteiger partial charge in [-0.05, 0) is 73.7 Å². The number of aromatic nitrogens is 1. The summed E-state index contributed by atoms with van der Waals surface area (Å²) in [6.45, 7) is 10.2. The highest BCUT2D eigenvalue weighted by Crippen LogP contribution is 2.30. The molecule has 6 nitrogen and oxygen atoms in total. The third kappa shape index (κ3) is 6.20. The Morgan fingerprint density at radius 1 is 1.19 bits per heavy atom. The lowest BCUT2D eigenvalue weighted by Gasteiger charge is -2.28. The monoisotopic (exact) mass is 497 g/mol. The lowest BCUT2D eigenvalue weighted by molar-refractivity contribution is 0.0827. The van der Waals surface area contributed by atoms with Crippen LogP contribution in [0.25, 0.3) is 11.1 Å². The molecular weight excluding hydrogens is 458 g/mol. The average molecular weight is 498 g/mol. The molecule has 194 valence electrons. The fourth-order valence-electron chi connectivity index (χ4n) is 5.03. The first-order chi connectivity index (χ1) is 17.8. The summed E-state index contributed by atoms with van der Waals surface area (Å²) in [6, 6.07) is 10.2. The molecule has 0 saturated carbocycles. The van der Waals surface area contributed by atoms with Crippen molar-refractivity contribution < 1.29 is 4.79 Å². The van der Waals surface area contributed by atoms with Crippen LogP contribution in [0.1, 0.15) is 47.3 Å². The van der Waals surface area contributed by atoms with Gasteiger partial charge in [0.05, 0.1) is 0 Å². The Labute approximate surface area is 221 Å². The number of benzene rings is 1. The van der Waals surface area contributed by atoms with Gasteiger partial charge in [-0.1, -0.05) is 29.9 Å². The van der Waals surface area contributed by atoms with Crippen molar-refractivity contribution in [2.24, 2.45) is 0 Å². The molecule has 1 amide bonds. The van der Waals surface area contributed by atoms with Gasteiger partial charge in [0.25, 0.3) is 5.91 Å². The summed E-state index contributed by atoms with van der Waals surface area (Å²) in [4.78, 5) is 20.9. The number of allylic oxidation sites excluding steroid dienone is 4. The van der Waals surface area contributed by atoms with Gasteiger partial charge in [0.15, 0.2) is 0 Å². The van der Waals surface area contributed by atoms with E-state index < -0.39 is 0 Å². The highest BCUT2D eigenvalue weighted by Gasteiger charge is 2.18. The lowest BCUT2D eigenvalue weighted by atomic mass is 9.92. The van der Waals surface area contributed by atoms with Crippen molar-refractivity contribution >= 4 is 22.9 Å². The predicted molar refractivity (Wildman–Crippen MR) is 154 cm³/mol. The molecule has 0 saturated heterocycles. The molecule has 0 bridgehead atoms. The Bertz CT molecular complexity index is 1280. The summed E-state index contributed by atoms with van der Waals surface area (Å²) in [6.07, 6.45) is 9.87. The maximum Gasteiger partial charge on any atom is 0.253 e. The van der Waals surface area contributed by atoms with E-state index in [9.17, 15) is 4.79 Å². The van der Waals surface area contributed by atoms with E-state index in [1.165, 1.54) is 33.6 Å². The van der Waals surface area contributed by atoms with Gasteiger partial charge in [-0.15, -0.1) is 0 Å². The second-order valence-corrected chi connectivity index (χ2v) is 10.2. The number of hydrogen-bond donors (Lipinski definition) is 2. The van der Waals surface area contributed by atoms with Gasteiger partial charge < -0.3 is 15.5 Å². The van der Waals surface area contributed by atoms with Crippen molar-refractivity contribution in [2.45, 2.75) is 27.2 Å². The maximum atomic E-state index is 12.3. The molecule has 2 N–H and O–H groups in total. The van der Waals surface area contributed by atoms with E-state index in [1.54, 1.807) is 19.0 Å². The second-order valence-electron chi connectivity index (χ2n) is 10.2. The quantitative estimate of drug-likeness (QED) is 0.555. The Morgan fingerprint density at radius 3 is 2.62 bits per heavy atom. The van der Waals surface area contributed by atoms with E-state index in [0.29, 0.717) is 0 Å². The number of carbonyl (C=O) groups excluding carboxylic acids is 1. The highest BCUT2D eigenvalue weighted by molar-refractivity contribution is 5.94. The van der Waals surface area contributed by atoms with Crippen LogP contribution < -0.4 is 10.6 Å². The lowest BCUT2D eigenvalue weighted by Crippen LogP contribution is -2.30. The zero-order valence-electron chi connectivity index (χ0n) is 23.0. The predicted octanol–water partition coefficient (Wildman–Crippen LogP) is 5.13. The summed E-state index contributed by atoms with van der Waals surface area (Å²) in [5.74, 6) is 0.918. The molecule has 0 spiro atoms. The standard InChI is InChI=1S/C31H39N5O/c1-21(17-29-23(3)33-14-11-28(29)26-8-10-30(32-4)34-19-26)20-36-15-12-24(13-16-36)27-9-7-25(18-22(27)2)31(37)35(5)6/h7-12,17-19,33H,13-16,20H2,1-6H3,(H,32,34)/b21-17+. The molecule has 4 rings (SSSR count). The molecule has 1 aromatic carbocycles. The van der Waals surface area contributed by atoms with Gasteiger partial charge >= 0.3 is 0 Å². The van der Waals surface area contributed by atoms with Gasteiger partial charge in [0, 0.05) is 75.9 Å². The minimum atomic E-state index is 0.0449. The SMILES string of the molecule is CNc1ccc(C2=CCNC(C)=C2/C=C(\C)CN2CC=C(c3ccc(C(=O)N(C)C)cc3C)CC2)cn1. The molecular formula is C31H39N5O. The summed E-state index contributed by atoms with van der Waals surface area (Å²) < 4.78 is 0. The largest absolute Gasteiger partial charge is 0.385 e. The summed E-state index contributed by atoms with van der Waals surface area (Å²) in [7, 11) is 5.47. The molecule has 3 heterocycles. The fraction of sp³-hybridized carbons (Fsp3) is 0.355. The molecule has 2 aliphatic heterocycles. The number of rotatable bonds is 7. The van der Waals surface area contributed by atoms with Crippen LogP contribution in [0.2, 0.25) is 0 Å². The molecule has 2 aliphatic rings. The van der Waals surface area contributed by atoms with Gasteiger partial charge in [-0.2, -0.15) is 0 Å². The van der Waals surface area contributed by atoms with Gasteiger partial charge in [-0.25, -0.2) is 4.98 Å². The highest BCUT2D eigenvalue weighted by atomic mass is 16.2. The van der Waals surface area contributed by atoms with Crippen LogP contribution in [0, 0.1) is 6.92 Å². The van der Waals surface area contributed by atoms with Gasteiger partial charge in [-0.3, -0.25) is 9.69 Å². The van der Waals surface area contributed by atoms with Crippen LogP contribution in [-0.2, 0) is 0 Å². The van der Waals surface area contributed by atoms with E-state index >= 15 is 0 Å². The van der Waals surface area contributed by atoms with E-state index in [1.807, 2.05) is 31.4 Å². The number of pyridine rings is 1. The number of nitrogens with one attached hydrogen (secondary N) is 2. The van der Waals surface area contributed by atoms with Crippen LogP contribution in [-0.4, -0.2) is 68.0 Å². The zero-order chi connectivity index (χ0) is 26.5. The van der Waals surface area contributed by atoms with Crippen LogP contribution >= 0.6 is 0 Å². The third-order valence-corrected chi connectivity index (χ3v) is 7.08. The number of carbonyl (C=O) groups is 1. The number of anilines is 1. The topological polar surface area (TPSA) is 60.5 Å². The zero-order valence-corrected chi connectivity index (χ0v) is 23.0. The number of dihydropyridines is 1. The van der Waals surface area contributed by atoms with Crippen molar-refractivity contribution in [3.63, 3.8) is 0 Å². The number of aryl methyl sites for hydroxylation is 1. The summed E-state index contributed by atoms with van der Waals surface area (Å²) >= 11 is 0. The molecule has 6 heteroatoms. The second kappa shape index (κ2) is 11.6. The van der Waals surface area contributed by atoms with E-state index in [4.69, 9.17) is 0 Å². The Kier molecular flexibility index (Phi) is 8.29. The van der Waals surface area contributed by atoms with Gasteiger partial charge in [0.2, 0.25) is 0 Å². The normalized spacial score (nSPS) is 16.6. The fourth-order valence-corrected chi connectivity index (χ4v) is 5.03. The first-order valence-corrected chi connectivity index (χ1v) is 13.0. The van der Waals surface area contributed by atoms with Crippen molar-refractivity contribution in [3.8, 4) is 0 Å². The smallest absolute Gasteiger partial charge is 0.253 e. The summed E-state index contributed by atoms with van der Waals surface area (Å²) in [5, 5.41) is 6.58. The van der Waals surface area contributed by atoms with Crippen LogP contribution in [0.5, 0.6) is 0 Å². The first kappa shape index (κ1) is 26.4. The Morgan fingerprint density at radius 2 is 2.00 bits per heavy atom. The third-order valence-electron chi connectivity index (χ3n) is 7.08. The molecule has 1 aromatic heterocycles.